The van der Waals surface area contributed by atoms with Crippen LogP contribution in [0.2, 0.25) is 0 Å². The second-order valence-corrected chi connectivity index (χ2v) is 16.5. The van der Waals surface area contributed by atoms with E-state index in [1.807, 2.05) is 0 Å². The zero-order valence-electron chi connectivity index (χ0n) is 32.9. The summed E-state index contributed by atoms with van der Waals surface area (Å²) in [5.41, 5.74) is 14.8. The molecule has 0 unspecified atom stereocenters. The zero-order valence-corrected chi connectivity index (χ0v) is 32.9. The van der Waals surface area contributed by atoms with Gasteiger partial charge >= 0.3 is 0 Å². The number of rotatable bonds is 5. The van der Waals surface area contributed by atoms with Crippen molar-refractivity contribution in [2.75, 3.05) is 4.90 Å². The average Bonchev–Trinajstić information content (AvgIpc) is 3.77. The Labute approximate surface area is 343 Å². The van der Waals surface area contributed by atoms with E-state index in [9.17, 15) is 0 Å². The van der Waals surface area contributed by atoms with Gasteiger partial charge in [0.25, 0.3) is 0 Å². The smallest absolute Gasteiger partial charge is 0.143 e. The summed E-state index contributed by atoms with van der Waals surface area (Å²) in [4.78, 5) is 2.48. The van der Waals surface area contributed by atoms with Crippen LogP contribution in [0.4, 0.5) is 17.1 Å². The molecule has 0 atom stereocenters. The highest BCUT2D eigenvalue weighted by Crippen LogP contribution is 2.55. The standard InChI is InChI=1S/C57H39NO/c1-57(2)51-22-9-7-17-45(51)47-19-12-24-53(55(47)57)58(42-30-27-36(28-31-42)40-29-32-44-41(33-40)26-25-37-13-5-6-16-43(37)44)52-23-10-8-18-46(52)48-20-11-21-49-50-34-38-14-3-4-15-39(38)35-54(50)59-56(48)49/h3-35H,1-2H3. The summed E-state index contributed by atoms with van der Waals surface area (Å²) in [6.45, 7) is 4.74. The van der Waals surface area contributed by atoms with E-state index in [4.69, 9.17) is 4.42 Å². The molecular weight excluding hydrogens is 715 g/mol. The maximum absolute atomic E-state index is 6.84. The van der Waals surface area contributed by atoms with Crippen molar-refractivity contribution < 1.29 is 4.42 Å². The van der Waals surface area contributed by atoms with Gasteiger partial charge in [-0.3, -0.25) is 0 Å². The van der Waals surface area contributed by atoms with Gasteiger partial charge in [-0.05, 0) is 108 Å². The van der Waals surface area contributed by atoms with Gasteiger partial charge < -0.3 is 9.32 Å². The Morgan fingerprint density at radius 3 is 1.86 bits per heavy atom. The van der Waals surface area contributed by atoms with Crippen LogP contribution in [0.5, 0.6) is 0 Å². The number of anilines is 3. The first-order valence-electron chi connectivity index (χ1n) is 20.5. The van der Waals surface area contributed by atoms with Crippen LogP contribution in [-0.4, -0.2) is 0 Å². The average molecular weight is 754 g/mol. The monoisotopic (exact) mass is 753 g/mol. The highest BCUT2D eigenvalue weighted by atomic mass is 16.3. The fourth-order valence-electron chi connectivity index (χ4n) is 10.0. The second kappa shape index (κ2) is 12.8. The molecule has 10 aromatic carbocycles. The number of hydrogen-bond acceptors (Lipinski definition) is 2. The normalized spacial score (nSPS) is 13.1. The molecule has 278 valence electrons. The molecule has 0 saturated carbocycles. The molecule has 1 aliphatic carbocycles. The van der Waals surface area contributed by atoms with Gasteiger partial charge in [0.1, 0.15) is 11.2 Å². The second-order valence-electron chi connectivity index (χ2n) is 16.5. The Kier molecular flexibility index (Phi) is 7.31. The predicted molar refractivity (Wildman–Crippen MR) is 249 cm³/mol. The lowest BCUT2D eigenvalue weighted by molar-refractivity contribution is 0.660. The summed E-state index contributed by atoms with van der Waals surface area (Å²) in [6, 6.07) is 73.2. The Bertz CT molecular complexity index is 3480. The van der Waals surface area contributed by atoms with Gasteiger partial charge in [0, 0.05) is 33.0 Å². The van der Waals surface area contributed by atoms with E-state index in [2.05, 4.69) is 219 Å². The van der Waals surface area contributed by atoms with Crippen LogP contribution in [0.15, 0.2) is 205 Å². The van der Waals surface area contributed by atoms with Crippen molar-refractivity contribution in [1.82, 2.24) is 0 Å². The molecule has 0 N–H and O–H groups in total. The molecule has 12 rings (SSSR count). The molecule has 0 bridgehead atoms. The third-order valence-corrected chi connectivity index (χ3v) is 12.8. The number of benzene rings is 10. The molecule has 2 heteroatoms. The van der Waals surface area contributed by atoms with Crippen LogP contribution in [0.3, 0.4) is 0 Å². The van der Waals surface area contributed by atoms with E-state index in [0.717, 1.165) is 44.4 Å². The minimum atomic E-state index is -0.217. The highest BCUT2D eigenvalue weighted by Gasteiger charge is 2.39. The van der Waals surface area contributed by atoms with Crippen LogP contribution >= 0.6 is 0 Å². The molecule has 0 saturated heterocycles. The van der Waals surface area contributed by atoms with Crippen molar-refractivity contribution in [2.24, 2.45) is 0 Å². The van der Waals surface area contributed by atoms with Gasteiger partial charge in [0.2, 0.25) is 0 Å². The maximum atomic E-state index is 6.84. The molecule has 1 heterocycles. The van der Waals surface area contributed by atoms with Crippen molar-refractivity contribution in [3.63, 3.8) is 0 Å². The van der Waals surface area contributed by atoms with Crippen LogP contribution in [0.1, 0.15) is 25.0 Å². The van der Waals surface area contributed by atoms with Crippen molar-refractivity contribution in [3.05, 3.63) is 211 Å². The maximum Gasteiger partial charge on any atom is 0.143 e. The lowest BCUT2D eigenvalue weighted by atomic mass is 9.81. The van der Waals surface area contributed by atoms with Crippen molar-refractivity contribution >= 4 is 71.3 Å². The molecule has 1 aromatic heterocycles. The third-order valence-electron chi connectivity index (χ3n) is 12.8. The molecular formula is C57H39NO. The van der Waals surface area contributed by atoms with Crippen LogP contribution in [-0.2, 0) is 5.41 Å². The van der Waals surface area contributed by atoms with E-state index in [1.54, 1.807) is 0 Å². The molecule has 0 radical (unpaired) electrons. The molecule has 1 aliphatic rings. The molecule has 0 aliphatic heterocycles. The van der Waals surface area contributed by atoms with Crippen molar-refractivity contribution in [1.29, 1.82) is 0 Å². The minimum Gasteiger partial charge on any atom is -0.455 e. The first-order chi connectivity index (χ1) is 29.0. The lowest BCUT2D eigenvalue weighted by Gasteiger charge is -2.33. The first-order valence-corrected chi connectivity index (χ1v) is 20.5. The van der Waals surface area contributed by atoms with Crippen LogP contribution in [0, 0.1) is 0 Å². The number of para-hydroxylation sites is 2. The van der Waals surface area contributed by atoms with E-state index in [-0.39, 0.29) is 5.41 Å². The molecule has 0 amide bonds. The van der Waals surface area contributed by atoms with Gasteiger partial charge in [0.05, 0.1) is 11.4 Å². The molecule has 0 spiro atoms. The topological polar surface area (TPSA) is 16.4 Å². The van der Waals surface area contributed by atoms with Crippen LogP contribution < -0.4 is 4.90 Å². The summed E-state index contributed by atoms with van der Waals surface area (Å²) in [7, 11) is 0. The fraction of sp³-hybridized carbons (Fsp3) is 0.0526. The summed E-state index contributed by atoms with van der Waals surface area (Å²) >= 11 is 0. The van der Waals surface area contributed by atoms with E-state index < -0.39 is 0 Å². The summed E-state index contributed by atoms with van der Waals surface area (Å²) in [6.07, 6.45) is 0. The summed E-state index contributed by atoms with van der Waals surface area (Å²) < 4.78 is 6.84. The SMILES string of the molecule is CC1(C)c2ccccc2-c2cccc(N(c3ccc(-c4ccc5c(ccc6ccccc65)c4)cc3)c3ccccc3-c3cccc4c3oc3cc5ccccc5cc34)c21. The van der Waals surface area contributed by atoms with Crippen molar-refractivity contribution in [3.8, 4) is 33.4 Å². The van der Waals surface area contributed by atoms with Crippen molar-refractivity contribution in [2.45, 2.75) is 19.3 Å². The van der Waals surface area contributed by atoms with E-state index in [1.165, 1.54) is 71.4 Å². The molecule has 2 nitrogen and oxygen atoms in total. The Morgan fingerprint density at radius 1 is 0.390 bits per heavy atom. The number of fused-ring (bicyclic) bond motifs is 10. The molecule has 0 fully saturated rings. The Balaban J connectivity index is 1.06. The number of furan rings is 1. The van der Waals surface area contributed by atoms with Gasteiger partial charge in [-0.15, -0.1) is 0 Å². The largest absolute Gasteiger partial charge is 0.455 e. The quantitative estimate of drug-likeness (QED) is 0.163. The fourth-order valence-corrected chi connectivity index (χ4v) is 10.0. The van der Waals surface area contributed by atoms with Gasteiger partial charge in [-0.1, -0.05) is 172 Å². The highest BCUT2D eigenvalue weighted by molar-refractivity contribution is 6.14. The van der Waals surface area contributed by atoms with Gasteiger partial charge in [0.15, 0.2) is 0 Å². The first kappa shape index (κ1) is 33.7. The Hall–Kier alpha value is -7.42. The molecule has 11 aromatic rings. The minimum absolute atomic E-state index is 0.217. The van der Waals surface area contributed by atoms with Gasteiger partial charge in [-0.2, -0.15) is 0 Å². The lowest BCUT2D eigenvalue weighted by Crippen LogP contribution is -2.21. The van der Waals surface area contributed by atoms with E-state index in [0.29, 0.717) is 0 Å². The summed E-state index contributed by atoms with van der Waals surface area (Å²) in [5.74, 6) is 0. The predicted octanol–water partition coefficient (Wildman–Crippen LogP) is 16.2. The molecule has 59 heavy (non-hydrogen) atoms. The zero-order chi connectivity index (χ0) is 39.2. The number of hydrogen-bond donors (Lipinski definition) is 0. The number of nitrogens with zero attached hydrogens (tertiary/aromatic N) is 1. The summed E-state index contributed by atoms with van der Waals surface area (Å²) in [5, 5.41) is 9.71. The third kappa shape index (κ3) is 5.13. The van der Waals surface area contributed by atoms with E-state index >= 15 is 0 Å². The Morgan fingerprint density at radius 2 is 1.00 bits per heavy atom. The van der Waals surface area contributed by atoms with Gasteiger partial charge in [-0.25, -0.2) is 0 Å². The van der Waals surface area contributed by atoms with Crippen LogP contribution in [0.25, 0.3) is 87.6 Å².